The lowest BCUT2D eigenvalue weighted by molar-refractivity contribution is 0.283. The Morgan fingerprint density at radius 1 is 0.688 bits per heavy atom. The Bertz CT molecular complexity index is 103. The van der Waals surface area contributed by atoms with Crippen LogP contribution in [-0.2, 0) is 0 Å². The maximum atomic E-state index is 8.61. The van der Waals surface area contributed by atoms with E-state index in [1.807, 2.05) is 0 Å². The van der Waals surface area contributed by atoms with Crippen molar-refractivity contribution >= 4 is 0 Å². The summed E-state index contributed by atoms with van der Waals surface area (Å²) in [7, 11) is 0. The van der Waals surface area contributed by atoms with Crippen molar-refractivity contribution in [2.24, 2.45) is 0 Å². The zero-order chi connectivity index (χ0) is 11.9. The highest BCUT2D eigenvalue weighted by Gasteiger charge is 1.91. The van der Waals surface area contributed by atoms with Gasteiger partial charge >= 0.3 is 0 Å². The van der Waals surface area contributed by atoms with E-state index >= 15 is 0 Å². The van der Waals surface area contributed by atoms with Gasteiger partial charge in [0.1, 0.15) is 0 Å². The van der Waals surface area contributed by atoms with Crippen molar-refractivity contribution in [1.29, 1.82) is 0 Å². The molecule has 98 valence electrons. The Labute approximate surface area is 102 Å². The summed E-state index contributed by atoms with van der Waals surface area (Å²) in [4.78, 5) is 0. The van der Waals surface area contributed by atoms with Crippen LogP contribution in [0.1, 0.15) is 71.1 Å². The molecule has 0 spiro atoms. The molecule has 0 saturated carbocycles. The quantitative estimate of drug-likeness (QED) is 0.474. The first-order valence-corrected chi connectivity index (χ1v) is 7.23. The van der Waals surface area contributed by atoms with Crippen molar-refractivity contribution in [3.63, 3.8) is 0 Å². The highest BCUT2D eigenvalue weighted by molar-refractivity contribution is 4.51. The number of rotatable bonds is 13. The molecule has 0 rings (SSSR count). The van der Waals surface area contributed by atoms with E-state index in [0.717, 1.165) is 19.4 Å². The Kier molecular flexibility index (Phi) is 14.8. The van der Waals surface area contributed by atoms with E-state index in [1.165, 1.54) is 57.9 Å². The smallest absolute Gasteiger partial charge is 0.0431 e. The lowest BCUT2D eigenvalue weighted by Gasteiger charge is -2.04. The highest BCUT2D eigenvalue weighted by atomic mass is 16.2. The Balaban J connectivity index is 2.83. The van der Waals surface area contributed by atoms with Gasteiger partial charge in [-0.3, -0.25) is 0 Å². The molecule has 0 radical (unpaired) electrons. The van der Waals surface area contributed by atoms with Gasteiger partial charge in [-0.2, -0.15) is 0 Å². The van der Waals surface area contributed by atoms with E-state index in [0.29, 0.717) is 6.61 Å². The summed E-state index contributed by atoms with van der Waals surface area (Å²) >= 11 is 0. The molecular formula is C14H31NO. The van der Waals surface area contributed by atoms with Crippen LogP contribution >= 0.6 is 0 Å². The number of hydrogen-bond donors (Lipinski definition) is 2. The molecule has 2 heteroatoms. The van der Waals surface area contributed by atoms with Crippen LogP contribution in [-0.4, -0.2) is 24.8 Å². The Hall–Kier alpha value is -0.0800. The summed E-state index contributed by atoms with van der Waals surface area (Å²) in [6, 6.07) is 0. The minimum absolute atomic E-state index is 0.345. The van der Waals surface area contributed by atoms with Crippen molar-refractivity contribution in [2.45, 2.75) is 71.1 Å². The van der Waals surface area contributed by atoms with E-state index in [2.05, 4.69) is 12.2 Å². The zero-order valence-electron chi connectivity index (χ0n) is 11.1. The second-order valence-corrected chi connectivity index (χ2v) is 4.66. The average molecular weight is 229 g/mol. The minimum Gasteiger partial charge on any atom is -0.396 e. The second-order valence-electron chi connectivity index (χ2n) is 4.66. The van der Waals surface area contributed by atoms with Gasteiger partial charge in [0.25, 0.3) is 0 Å². The fraction of sp³-hybridized carbons (Fsp3) is 1.00. The molecule has 2 nitrogen and oxygen atoms in total. The predicted octanol–water partition coefficient (Wildman–Crippen LogP) is 3.49. The Morgan fingerprint density at radius 3 is 1.75 bits per heavy atom. The summed E-state index contributed by atoms with van der Waals surface area (Å²) in [6.45, 7) is 4.90. The Morgan fingerprint density at radius 2 is 1.19 bits per heavy atom. The van der Waals surface area contributed by atoms with Gasteiger partial charge in [0, 0.05) is 6.61 Å². The molecule has 0 bridgehead atoms. The fourth-order valence-corrected chi connectivity index (χ4v) is 1.87. The molecule has 0 unspecified atom stereocenters. The lowest BCUT2D eigenvalue weighted by atomic mass is 10.1. The third kappa shape index (κ3) is 13.9. The second kappa shape index (κ2) is 14.9. The molecular weight excluding hydrogens is 198 g/mol. The molecule has 0 atom stereocenters. The molecule has 0 aliphatic heterocycles. The highest BCUT2D eigenvalue weighted by Crippen LogP contribution is 2.06. The van der Waals surface area contributed by atoms with Gasteiger partial charge in [-0.1, -0.05) is 45.4 Å². The molecule has 2 N–H and O–H groups in total. The summed E-state index contributed by atoms with van der Waals surface area (Å²) in [6.07, 6.45) is 13.0. The van der Waals surface area contributed by atoms with Crippen molar-refractivity contribution in [1.82, 2.24) is 5.32 Å². The standard InChI is InChI=1S/C14H31NO/c1-2-3-4-5-6-7-9-12-15-13-10-8-11-14-16/h15-16H,2-14H2,1H3. The number of hydrogen-bond acceptors (Lipinski definition) is 2. The van der Waals surface area contributed by atoms with E-state index in [9.17, 15) is 0 Å². The number of aliphatic hydroxyl groups excluding tert-OH is 1. The molecule has 0 aliphatic rings. The first kappa shape index (κ1) is 15.9. The van der Waals surface area contributed by atoms with Crippen molar-refractivity contribution in [2.75, 3.05) is 19.7 Å². The van der Waals surface area contributed by atoms with E-state index < -0.39 is 0 Å². The van der Waals surface area contributed by atoms with Gasteiger partial charge in [0.15, 0.2) is 0 Å². The molecule has 0 aromatic heterocycles. The van der Waals surface area contributed by atoms with Gasteiger partial charge < -0.3 is 10.4 Å². The number of nitrogens with one attached hydrogen (secondary N) is 1. The molecule has 16 heavy (non-hydrogen) atoms. The molecule has 0 aliphatic carbocycles. The molecule has 0 heterocycles. The molecule has 0 aromatic carbocycles. The minimum atomic E-state index is 0.345. The fourth-order valence-electron chi connectivity index (χ4n) is 1.87. The maximum absolute atomic E-state index is 8.61. The first-order valence-electron chi connectivity index (χ1n) is 7.23. The van der Waals surface area contributed by atoms with Crippen LogP contribution in [0.15, 0.2) is 0 Å². The van der Waals surface area contributed by atoms with E-state index in [1.54, 1.807) is 0 Å². The van der Waals surface area contributed by atoms with Crippen LogP contribution in [0.25, 0.3) is 0 Å². The average Bonchev–Trinajstić information content (AvgIpc) is 2.31. The van der Waals surface area contributed by atoms with Crippen LogP contribution in [0.5, 0.6) is 0 Å². The van der Waals surface area contributed by atoms with E-state index in [-0.39, 0.29) is 0 Å². The third-order valence-corrected chi connectivity index (χ3v) is 2.97. The predicted molar refractivity (Wildman–Crippen MR) is 71.8 cm³/mol. The summed E-state index contributed by atoms with van der Waals surface area (Å²) in [5.74, 6) is 0. The normalized spacial score (nSPS) is 10.9. The third-order valence-electron chi connectivity index (χ3n) is 2.97. The summed E-state index contributed by atoms with van der Waals surface area (Å²) < 4.78 is 0. The van der Waals surface area contributed by atoms with Crippen LogP contribution in [0.4, 0.5) is 0 Å². The summed E-state index contributed by atoms with van der Waals surface area (Å²) in [5, 5.41) is 12.1. The SMILES string of the molecule is CCCCCCCCCNCCCCCO. The van der Waals surface area contributed by atoms with Gasteiger partial charge in [-0.15, -0.1) is 0 Å². The number of aliphatic hydroxyl groups is 1. The van der Waals surface area contributed by atoms with Gasteiger partial charge in [-0.05, 0) is 38.8 Å². The maximum Gasteiger partial charge on any atom is 0.0431 e. The summed E-state index contributed by atoms with van der Waals surface area (Å²) in [5.41, 5.74) is 0. The molecule has 0 aromatic rings. The molecule has 0 amide bonds. The van der Waals surface area contributed by atoms with Crippen LogP contribution in [0.2, 0.25) is 0 Å². The first-order chi connectivity index (χ1) is 7.91. The molecule has 0 fully saturated rings. The van der Waals surface area contributed by atoms with E-state index in [4.69, 9.17) is 5.11 Å². The largest absolute Gasteiger partial charge is 0.396 e. The lowest BCUT2D eigenvalue weighted by Crippen LogP contribution is -2.16. The van der Waals surface area contributed by atoms with Crippen LogP contribution in [0.3, 0.4) is 0 Å². The molecule has 0 saturated heterocycles. The van der Waals surface area contributed by atoms with Gasteiger partial charge in [-0.25, -0.2) is 0 Å². The van der Waals surface area contributed by atoms with Crippen molar-refractivity contribution in [3.8, 4) is 0 Å². The van der Waals surface area contributed by atoms with Gasteiger partial charge in [0.2, 0.25) is 0 Å². The number of unbranched alkanes of at least 4 members (excludes halogenated alkanes) is 8. The van der Waals surface area contributed by atoms with Crippen LogP contribution in [0, 0.1) is 0 Å². The topological polar surface area (TPSA) is 32.3 Å². The monoisotopic (exact) mass is 229 g/mol. The van der Waals surface area contributed by atoms with Crippen molar-refractivity contribution in [3.05, 3.63) is 0 Å². The van der Waals surface area contributed by atoms with Crippen molar-refractivity contribution < 1.29 is 5.11 Å². The zero-order valence-corrected chi connectivity index (χ0v) is 11.1. The van der Waals surface area contributed by atoms with Crippen LogP contribution < -0.4 is 5.32 Å². The van der Waals surface area contributed by atoms with Gasteiger partial charge in [0.05, 0.1) is 0 Å².